The van der Waals surface area contributed by atoms with Crippen molar-refractivity contribution in [3.63, 3.8) is 0 Å². The van der Waals surface area contributed by atoms with Gasteiger partial charge in [0.05, 0.1) is 0 Å². The molecule has 0 spiro atoms. The molecule has 0 fully saturated rings. The van der Waals surface area contributed by atoms with Crippen molar-refractivity contribution in [2.45, 2.75) is 45.4 Å². The fourth-order valence-electron chi connectivity index (χ4n) is 1.44. The second kappa shape index (κ2) is 6.77. The first kappa shape index (κ1) is 11.4. The maximum absolute atomic E-state index is 11.5. The molecule has 0 amide bonds. The molecule has 0 saturated carbocycles. The summed E-state index contributed by atoms with van der Waals surface area (Å²) in [6.07, 6.45) is 6.16. The number of Topliss-reactive ketones (excluding diaryl/α,β-unsaturated/α-hetero) is 1. The standard InChI is InChI=1S/C12H18OS/c1-2-3-4-5-7-11(13)10-12-8-6-9-14-12/h6,8-9H,2-5,7,10H2,1H3. The average Bonchev–Trinajstić information content (AvgIpc) is 2.65. The third-order valence-corrected chi connectivity index (χ3v) is 3.14. The zero-order valence-electron chi connectivity index (χ0n) is 8.79. The van der Waals surface area contributed by atoms with Crippen LogP contribution < -0.4 is 0 Å². The molecule has 0 N–H and O–H groups in total. The van der Waals surface area contributed by atoms with Gasteiger partial charge in [-0.15, -0.1) is 11.3 Å². The van der Waals surface area contributed by atoms with Crippen molar-refractivity contribution in [3.8, 4) is 0 Å². The highest BCUT2D eigenvalue weighted by Gasteiger charge is 2.03. The molecular formula is C12H18OS. The van der Waals surface area contributed by atoms with Crippen molar-refractivity contribution in [2.24, 2.45) is 0 Å². The first-order chi connectivity index (χ1) is 6.83. The van der Waals surface area contributed by atoms with Crippen LogP contribution in [0.25, 0.3) is 0 Å². The molecule has 1 aromatic rings. The van der Waals surface area contributed by atoms with Crippen LogP contribution in [0, 0.1) is 0 Å². The number of thiophene rings is 1. The van der Waals surface area contributed by atoms with Crippen LogP contribution in [-0.4, -0.2) is 5.78 Å². The summed E-state index contributed by atoms with van der Waals surface area (Å²) >= 11 is 1.67. The Morgan fingerprint density at radius 1 is 1.36 bits per heavy atom. The van der Waals surface area contributed by atoms with Gasteiger partial charge in [-0.2, -0.15) is 0 Å². The van der Waals surface area contributed by atoms with E-state index in [-0.39, 0.29) is 0 Å². The number of rotatable bonds is 7. The number of unbranched alkanes of at least 4 members (excludes halogenated alkanes) is 3. The largest absolute Gasteiger partial charge is 0.299 e. The quantitative estimate of drug-likeness (QED) is 0.625. The molecule has 1 aromatic heterocycles. The van der Waals surface area contributed by atoms with Gasteiger partial charge in [-0.05, 0) is 17.9 Å². The summed E-state index contributed by atoms with van der Waals surface area (Å²) in [7, 11) is 0. The fraction of sp³-hybridized carbons (Fsp3) is 0.583. The van der Waals surface area contributed by atoms with E-state index in [0.717, 1.165) is 12.8 Å². The van der Waals surface area contributed by atoms with Crippen LogP contribution in [0.4, 0.5) is 0 Å². The molecule has 0 radical (unpaired) electrons. The number of carbonyl (C=O) groups is 1. The van der Waals surface area contributed by atoms with E-state index in [4.69, 9.17) is 0 Å². The average molecular weight is 210 g/mol. The van der Waals surface area contributed by atoms with Gasteiger partial charge >= 0.3 is 0 Å². The van der Waals surface area contributed by atoms with Gasteiger partial charge in [-0.25, -0.2) is 0 Å². The monoisotopic (exact) mass is 210 g/mol. The molecule has 1 nitrogen and oxygen atoms in total. The van der Waals surface area contributed by atoms with E-state index in [2.05, 4.69) is 6.92 Å². The van der Waals surface area contributed by atoms with Crippen LogP contribution in [0.1, 0.15) is 43.9 Å². The molecule has 78 valence electrons. The Morgan fingerprint density at radius 3 is 2.86 bits per heavy atom. The van der Waals surface area contributed by atoms with Crippen molar-refractivity contribution in [3.05, 3.63) is 22.4 Å². The summed E-state index contributed by atoms with van der Waals surface area (Å²) in [6, 6.07) is 4.04. The maximum Gasteiger partial charge on any atom is 0.138 e. The van der Waals surface area contributed by atoms with Crippen molar-refractivity contribution in [2.75, 3.05) is 0 Å². The lowest BCUT2D eigenvalue weighted by Gasteiger charge is -1.98. The first-order valence-corrected chi connectivity index (χ1v) is 6.25. The van der Waals surface area contributed by atoms with Gasteiger partial charge in [0.1, 0.15) is 5.78 Å². The maximum atomic E-state index is 11.5. The zero-order valence-corrected chi connectivity index (χ0v) is 9.61. The lowest BCUT2D eigenvalue weighted by Crippen LogP contribution is -2.00. The van der Waals surface area contributed by atoms with E-state index in [9.17, 15) is 4.79 Å². The van der Waals surface area contributed by atoms with Crippen LogP contribution >= 0.6 is 11.3 Å². The second-order valence-electron chi connectivity index (χ2n) is 3.61. The number of hydrogen-bond acceptors (Lipinski definition) is 2. The molecule has 0 aromatic carbocycles. The molecule has 1 rings (SSSR count). The van der Waals surface area contributed by atoms with Crippen LogP contribution in [0.15, 0.2) is 17.5 Å². The minimum Gasteiger partial charge on any atom is -0.299 e. The third-order valence-electron chi connectivity index (χ3n) is 2.26. The molecule has 0 saturated heterocycles. The van der Waals surface area contributed by atoms with Crippen LogP contribution in [0.2, 0.25) is 0 Å². The van der Waals surface area contributed by atoms with Gasteiger partial charge in [-0.1, -0.05) is 32.3 Å². The summed E-state index contributed by atoms with van der Waals surface area (Å²) in [5.41, 5.74) is 0. The van der Waals surface area contributed by atoms with Crippen molar-refractivity contribution in [1.82, 2.24) is 0 Å². The summed E-state index contributed by atoms with van der Waals surface area (Å²) in [5, 5.41) is 2.03. The number of ketones is 1. The Balaban J connectivity index is 2.11. The highest BCUT2D eigenvalue weighted by molar-refractivity contribution is 7.10. The van der Waals surface area contributed by atoms with Crippen LogP contribution in [0.3, 0.4) is 0 Å². The third kappa shape index (κ3) is 4.56. The Morgan fingerprint density at radius 2 is 2.21 bits per heavy atom. The van der Waals surface area contributed by atoms with Crippen molar-refractivity contribution in [1.29, 1.82) is 0 Å². The Kier molecular flexibility index (Phi) is 5.53. The fourth-order valence-corrected chi connectivity index (χ4v) is 2.18. The molecule has 0 bridgehead atoms. The highest BCUT2D eigenvalue weighted by atomic mass is 32.1. The van der Waals surface area contributed by atoms with Gasteiger partial charge in [0.25, 0.3) is 0 Å². The van der Waals surface area contributed by atoms with Gasteiger partial charge in [0.15, 0.2) is 0 Å². The van der Waals surface area contributed by atoms with Crippen molar-refractivity contribution < 1.29 is 4.79 Å². The lowest BCUT2D eigenvalue weighted by atomic mass is 10.1. The first-order valence-electron chi connectivity index (χ1n) is 5.37. The van der Waals surface area contributed by atoms with Gasteiger partial charge in [-0.3, -0.25) is 4.79 Å². The van der Waals surface area contributed by atoms with Gasteiger partial charge in [0, 0.05) is 17.7 Å². The van der Waals surface area contributed by atoms with E-state index >= 15 is 0 Å². The van der Waals surface area contributed by atoms with Gasteiger partial charge < -0.3 is 0 Å². The highest BCUT2D eigenvalue weighted by Crippen LogP contribution is 2.11. The molecule has 0 atom stereocenters. The molecule has 0 aliphatic carbocycles. The van der Waals surface area contributed by atoms with E-state index in [1.165, 1.54) is 24.1 Å². The predicted molar refractivity (Wildman–Crippen MR) is 61.8 cm³/mol. The molecule has 14 heavy (non-hydrogen) atoms. The molecule has 1 heterocycles. The Labute approximate surface area is 90.2 Å². The van der Waals surface area contributed by atoms with E-state index in [1.54, 1.807) is 11.3 Å². The molecular weight excluding hydrogens is 192 g/mol. The predicted octanol–water partition coefficient (Wildman–Crippen LogP) is 3.83. The summed E-state index contributed by atoms with van der Waals surface area (Å²) < 4.78 is 0. The van der Waals surface area contributed by atoms with Crippen LogP contribution in [0.5, 0.6) is 0 Å². The van der Waals surface area contributed by atoms with Gasteiger partial charge in [0.2, 0.25) is 0 Å². The van der Waals surface area contributed by atoms with E-state index in [0.29, 0.717) is 12.2 Å². The van der Waals surface area contributed by atoms with E-state index < -0.39 is 0 Å². The zero-order chi connectivity index (χ0) is 10.2. The van der Waals surface area contributed by atoms with E-state index in [1.807, 2.05) is 17.5 Å². The van der Waals surface area contributed by atoms with Crippen LogP contribution in [-0.2, 0) is 11.2 Å². The summed E-state index contributed by atoms with van der Waals surface area (Å²) in [6.45, 7) is 2.19. The second-order valence-corrected chi connectivity index (χ2v) is 4.64. The number of hydrogen-bond donors (Lipinski definition) is 0. The Bertz CT molecular complexity index is 251. The molecule has 0 unspecified atom stereocenters. The lowest BCUT2D eigenvalue weighted by molar-refractivity contribution is -0.118. The normalized spacial score (nSPS) is 10.4. The molecule has 2 heteroatoms. The summed E-state index contributed by atoms with van der Waals surface area (Å²) in [5.74, 6) is 0.392. The molecule has 0 aliphatic heterocycles. The minimum atomic E-state index is 0.392. The SMILES string of the molecule is CCCCCCC(=O)Cc1cccs1. The number of carbonyl (C=O) groups excluding carboxylic acids is 1. The minimum absolute atomic E-state index is 0.392. The molecule has 0 aliphatic rings. The Hall–Kier alpha value is -0.630. The smallest absolute Gasteiger partial charge is 0.138 e. The summed E-state index contributed by atoms with van der Waals surface area (Å²) in [4.78, 5) is 12.7. The van der Waals surface area contributed by atoms with Crippen molar-refractivity contribution >= 4 is 17.1 Å². The topological polar surface area (TPSA) is 17.1 Å².